The molecule has 0 bridgehead atoms. The Labute approximate surface area is 179 Å². The van der Waals surface area contributed by atoms with Crippen molar-refractivity contribution in [1.82, 2.24) is 4.57 Å². The van der Waals surface area contributed by atoms with Crippen LogP contribution in [-0.2, 0) is 11.3 Å². The second-order valence-electron chi connectivity index (χ2n) is 7.41. The lowest BCUT2D eigenvalue weighted by atomic mass is 10.1. The van der Waals surface area contributed by atoms with Gasteiger partial charge in [-0.2, -0.15) is 0 Å². The van der Waals surface area contributed by atoms with Crippen molar-refractivity contribution < 1.29 is 14.3 Å². The fourth-order valence-corrected chi connectivity index (χ4v) is 3.96. The molecule has 6 heteroatoms. The zero-order chi connectivity index (χ0) is 21.2. The molecule has 0 spiro atoms. The van der Waals surface area contributed by atoms with Gasteiger partial charge in [0.05, 0.1) is 23.5 Å². The summed E-state index contributed by atoms with van der Waals surface area (Å²) in [6, 6.07) is 25.3. The molecule has 1 aromatic heterocycles. The minimum Gasteiger partial charge on any atom is -0.447 e. The first kappa shape index (κ1) is 18.9. The number of hydrogen-bond donors (Lipinski definition) is 1. The van der Waals surface area contributed by atoms with Gasteiger partial charge in [0.15, 0.2) is 0 Å². The van der Waals surface area contributed by atoms with Crippen LogP contribution in [0, 0.1) is 0 Å². The monoisotopic (exact) mass is 411 g/mol. The van der Waals surface area contributed by atoms with E-state index in [-0.39, 0.29) is 5.91 Å². The molecule has 1 aliphatic heterocycles. The van der Waals surface area contributed by atoms with Gasteiger partial charge in [-0.05, 0) is 23.8 Å². The number of carbonyl (C=O) groups excluding carboxylic acids is 2. The van der Waals surface area contributed by atoms with E-state index in [9.17, 15) is 9.59 Å². The molecule has 1 aliphatic rings. The Kier molecular flexibility index (Phi) is 4.88. The quantitative estimate of drug-likeness (QED) is 0.508. The summed E-state index contributed by atoms with van der Waals surface area (Å²) in [5.41, 5.74) is 3.95. The van der Waals surface area contributed by atoms with Gasteiger partial charge in [0.25, 0.3) is 5.91 Å². The molecule has 31 heavy (non-hydrogen) atoms. The largest absolute Gasteiger partial charge is 0.447 e. The highest BCUT2D eigenvalue weighted by molar-refractivity contribution is 6.14. The van der Waals surface area contributed by atoms with Gasteiger partial charge in [0, 0.05) is 23.6 Å². The van der Waals surface area contributed by atoms with Gasteiger partial charge in [-0.1, -0.05) is 60.7 Å². The molecule has 1 saturated heterocycles. The van der Waals surface area contributed by atoms with Crippen molar-refractivity contribution in [3.63, 3.8) is 0 Å². The number of carbonyl (C=O) groups is 2. The van der Waals surface area contributed by atoms with Crippen molar-refractivity contribution in [2.45, 2.75) is 6.54 Å². The first-order valence-electron chi connectivity index (χ1n) is 10.2. The van der Waals surface area contributed by atoms with Crippen LogP contribution in [0.15, 0.2) is 85.1 Å². The van der Waals surface area contributed by atoms with Crippen LogP contribution in [0.5, 0.6) is 0 Å². The number of nitrogens with zero attached hydrogens (tertiary/aromatic N) is 2. The fourth-order valence-electron chi connectivity index (χ4n) is 3.96. The Bertz CT molecular complexity index is 1260. The molecular formula is C25H21N3O3. The molecule has 0 radical (unpaired) electrons. The number of rotatable bonds is 5. The van der Waals surface area contributed by atoms with E-state index in [1.807, 2.05) is 60.8 Å². The maximum absolute atomic E-state index is 13.3. The first-order valence-corrected chi connectivity index (χ1v) is 10.2. The zero-order valence-corrected chi connectivity index (χ0v) is 16.8. The number of ether oxygens (including phenoxy) is 1. The van der Waals surface area contributed by atoms with Gasteiger partial charge >= 0.3 is 6.09 Å². The van der Waals surface area contributed by atoms with Crippen LogP contribution < -0.4 is 10.2 Å². The van der Waals surface area contributed by atoms with Gasteiger partial charge in [-0.25, -0.2) is 4.79 Å². The number of aromatic nitrogens is 1. The van der Waals surface area contributed by atoms with E-state index in [1.165, 1.54) is 4.90 Å². The minimum absolute atomic E-state index is 0.219. The normalized spacial score (nSPS) is 13.4. The molecule has 5 rings (SSSR count). The van der Waals surface area contributed by atoms with Gasteiger partial charge in [-0.15, -0.1) is 0 Å². The van der Waals surface area contributed by atoms with Crippen molar-refractivity contribution >= 4 is 34.3 Å². The second-order valence-corrected chi connectivity index (χ2v) is 7.41. The van der Waals surface area contributed by atoms with Gasteiger partial charge in [0.2, 0.25) is 0 Å². The summed E-state index contributed by atoms with van der Waals surface area (Å²) in [4.78, 5) is 26.8. The first-order chi connectivity index (χ1) is 15.2. The lowest BCUT2D eigenvalue weighted by molar-refractivity contribution is 0.102. The fraction of sp³-hybridized carbons (Fsp3) is 0.120. The Morgan fingerprint density at radius 2 is 1.68 bits per heavy atom. The molecule has 0 atom stereocenters. The Balaban J connectivity index is 1.48. The topological polar surface area (TPSA) is 63.6 Å². The lowest BCUT2D eigenvalue weighted by Gasteiger charge is -2.17. The van der Waals surface area contributed by atoms with Gasteiger partial charge in [0.1, 0.15) is 6.61 Å². The van der Waals surface area contributed by atoms with Crippen molar-refractivity contribution in [2.24, 2.45) is 0 Å². The molecule has 0 aliphatic carbocycles. The van der Waals surface area contributed by atoms with E-state index in [0.29, 0.717) is 36.6 Å². The number of nitrogens with one attached hydrogen (secondary N) is 1. The molecule has 3 aromatic carbocycles. The average molecular weight is 411 g/mol. The van der Waals surface area contributed by atoms with E-state index >= 15 is 0 Å². The van der Waals surface area contributed by atoms with E-state index < -0.39 is 6.09 Å². The summed E-state index contributed by atoms with van der Waals surface area (Å²) in [6.07, 6.45) is 1.49. The number of benzene rings is 3. The molecular weight excluding hydrogens is 390 g/mol. The van der Waals surface area contributed by atoms with Crippen molar-refractivity contribution in [1.29, 1.82) is 0 Å². The number of cyclic esters (lactones) is 1. The second kappa shape index (κ2) is 7.99. The zero-order valence-electron chi connectivity index (χ0n) is 16.8. The summed E-state index contributed by atoms with van der Waals surface area (Å²) >= 11 is 0. The number of anilines is 2. The van der Waals surface area contributed by atoms with E-state index in [2.05, 4.69) is 22.0 Å². The summed E-state index contributed by atoms with van der Waals surface area (Å²) < 4.78 is 7.14. The molecule has 2 amide bonds. The van der Waals surface area contributed by atoms with Crippen LogP contribution in [0.3, 0.4) is 0 Å². The lowest BCUT2D eigenvalue weighted by Crippen LogP contribution is -2.25. The van der Waals surface area contributed by atoms with Gasteiger partial charge in [-0.3, -0.25) is 9.69 Å². The highest BCUT2D eigenvalue weighted by Gasteiger charge is 2.26. The molecule has 0 saturated carbocycles. The van der Waals surface area contributed by atoms with Crippen molar-refractivity contribution in [3.05, 3.63) is 96.2 Å². The molecule has 1 N–H and O–H groups in total. The van der Waals surface area contributed by atoms with Gasteiger partial charge < -0.3 is 14.6 Å². The number of amides is 2. The van der Waals surface area contributed by atoms with Crippen LogP contribution in [0.1, 0.15) is 15.9 Å². The molecule has 1 fully saturated rings. The minimum atomic E-state index is -0.402. The maximum Gasteiger partial charge on any atom is 0.414 e. The van der Waals surface area contributed by atoms with Crippen LogP contribution in [-0.4, -0.2) is 29.7 Å². The van der Waals surface area contributed by atoms with Crippen LogP contribution in [0.2, 0.25) is 0 Å². The third kappa shape index (κ3) is 3.64. The van der Waals surface area contributed by atoms with Crippen molar-refractivity contribution in [2.75, 3.05) is 23.4 Å². The highest BCUT2D eigenvalue weighted by atomic mass is 16.6. The van der Waals surface area contributed by atoms with Crippen LogP contribution in [0.4, 0.5) is 16.2 Å². The number of hydrogen-bond acceptors (Lipinski definition) is 3. The van der Waals surface area contributed by atoms with E-state index in [1.54, 1.807) is 12.1 Å². The standard InChI is InChI=1S/C25H21N3O3/c29-24(26-21-11-5-7-13-23(21)28-14-15-31-25(28)30)20-17-27(16-18-8-2-1-3-9-18)22-12-6-4-10-19(20)22/h1-13,17H,14-16H2,(H,26,29). The Morgan fingerprint density at radius 3 is 2.48 bits per heavy atom. The third-order valence-electron chi connectivity index (χ3n) is 5.43. The Hall–Kier alpha value is -4.06. The number of fused-ring (bicyclic) bond motifs is 1. The summed E-state index contributed by atoms with van der Waals surface area (Å²) in [5, 5.41) is 3.88. The SMILES string of the molecule is O=C(Nc1ccccc1N1CCOC1=O)c1cn(Cc2ccccc2)c2ccccc12. The Morgan fingerprint density at radius 1 is 0.935 bits per heavy atom. The number of para-hydroxylation sites is 3. The summed E-state index contributed by atoms with van der Waals surface area (Å²) in [5.74, 6) is -0.219. The predicted octanol–water partition coefficient (Wildman–Crippen LogP) is 4.90. The highest BCUT2D eigenvalue weighted by Crippen LogP contribution is 2.30. The van der Waals surface area contributed by atoms with Crippen molar-refractivity contribution in [3.8, 4) is 0 Å². The molecule has 0 unspecified atom stereocenters. The molecule has 6 nitrogen and oxygen atoms in total. The maximum atomic E-state index is 13.3. The van der Waals surface area contributed by atoms with Crippen LogP contribution >= 0.6 is 0 Å². The smallest absolute Gasteiger partial charge is 0.414 e. The summed E-state index contributed by atoms with van der Waals surface area (Å²) in [7, 11) is 0. The molecule has 4 aromatic rings. The predicted molar refractivity (Wildman–Crippen MR) is 121 cm³/mol. The molecule has 2 heterocycles. The van der Waals surface area contributed by atoms with E-state index in [4.69, 9.17) is 4.74 Å². The van der Waals surface area contributed by atoms with E-state index in [0.717, 1.165) is 16.5 Å². The summed E-state index contributed by atoms with van der Waals surface area (Å²) in [6.45, 7) is 1.47. The molecule has 154 valence electrons. The average Bonchev–Trinajstić information content (AvgIpc) is 3.39. The third-order valence-corrected chi connectivity index (χ3v) is 5.43. The van der Waals surface area contributed by atoms with Crippen LogP contribution in [0.25, 0.3) is 10.9 Å².